The molecule has 2 aliphatic rings. The Labute approximate surface area is 148 Å². The molecule has 1 aromatic carbocycles. The quantitative estimate of drug-likeness (QED) is 0.807. The molecule has 2 saturated heterocycles. The number of amides is 1. The lowest BCUT2D eigenvalue weighted by Gasteiger charge is -2.37. The van der Waals surface area contributed by atoms with E-state index in [2.05, 4.69) is 4.90 Å². The van der Waals surface area contributed by atoms with E-state index in [1.807, 2.05) is 29.2 Å². The van der Waals surface area contributed by atoms with E-state index in [1.165, 1.54) is 0 Å². The number of aryl methyl sites for hydroxylation is 1. The lowest BCUT2D eigenvalue weighted by Crippen LogP contribution is -2.52. The summed E-state index contributed by atoms with van der Waals surface area (Å²) in [7, 11) is -2.85. The number of piperazine rings is 1. The van der Waals surface area contributed by atoms with Crippen LogP contribution in [0.5, 0.6) is 0 Å². The minimum atomic E-state index is -2.85. The molecule has 0 spiro atoms. The molecule has 0 bridgehead atoms. The fourth-order valence-corrected chi connectivity index (χ4v) is 5.49. The SMILES string of the molecule is O=C(CCc1ccccc1Cl)N1CCN(C2CCS(=O)(=O)C2)CC1. The van der Waals surface area contributed by atoms with Gasteiger partial charge in [0, 0.05) is 43.7 Å². The van der Waals surface area contributed by atoms with Gasteiger partial charge in [0.25, 0.3) is 0 Å². The molecule has 0 aromatic heterocycles. The topological polar surface area (TPSA) is 57.7 Å². The molecule has 5 nitrogen and oxygen atoms in total. The van der Waals surface area contributed by atoms with E-state index in [-0.39, 0.29) is 17.7 Å². The molecule has 2 aliphatic heterocycles. The number of benzene rings is 1. The standard InChI is InChI=1S/C17H23ClN2O3S/c18-16-4-2-1-3-14(16)5-6-17(21)20-10-8-19(9-11-20)15-7-12-24(22,23)13-15/h1-4,15H,5-13H2. The van der Waals surface area contributed by atoms with E-state index < -0.39 is 9.84 Å². The first-order valence-corrected chi connectivity index (χ1v) is 10.6. The predicted molar refractivity (Wildman–Crippen MR) is 95.0 cm³/mol. The normalized spacial score (nSPS) is 24.2. The van der Waals surface area contributed by atoms with E-state index in [0.717, 1.165) is 25.1 Å². The van der Waals surface area contributed by atoms with Crippen molar-refractivity contribution in [1.82, 2.24) is 9.80 Å². The van der Waals surface area contributed by atoms with Crippen LogP contribution in [0.25, 0.3) is 0 Å². The van der Waals surface area contributed by atoms with Gasteiger partial charge in [-0.2, -0.15) is 0 Å². The Kier molecular flexibility index (Phi) is 5.47. The summed E-state index contributed by atoms with van der Waals surface area (Å²) in [6.07, 6.45) is 1.84. The fraction of sp³-hybridized carbons (Fsp3) is 0.588. The third-order valence-electron chi connectivity index (χ3n) is 4.96. The van der Waals surface area contributed by atoms with Crippen molar-refractivity contribution < 1.29 is 13.2 Å². The average molecular weight is 371 g/mol. The van der Waals surface area contributed by atoms with Crippen LogP contribution in [-0.2, 0) is 21.1 Å². The molecule has 24 heavy (non-hydrogen) atoms. The van der Waals surface area contributed by atoms with Crippen molar-refractivity contribution in [2.75, 3.05) is 37.7 Å². The molecule has 132 valence electrons. The van der Waals surface area contributed by atoms with Crippen LogP contribution >= 0.6 is 11.6 Å². The molecular formula is C17H23ClN2O3S. The van der Waals surface area contributed by atoms with Gasteiger partial charge in [-0.25, -0.2) is 8.42 Å². The zero-order valence-electron chi connectivity index (χ0n) is 13.7. The molecule has 1 unspecified atom stereocenters. The van der Waals surface area contributed by atoms with Gasteiger partial charge in [-0.05, 0) is 24.5 Å². The van der Waals surface area contributed by atoms with Gasteiger partial charge < -0.3 is 4.90 Å². The largest absolute Gasteiger partial charge is 0.340 e. The number of carbonyl (C=O) groups is 1. The summed E-state index contributed by atoms with van der Waals surface area (Å²) < 4.78 is 23.2. The van der Waals surface area contributed by atoms with Crippen LogP contribution < -0.4 is 0 Å². The van der Waals surface area contributed by atoms with Gasteiger partial charge in [0.15, 0.2) is 9.84 Å². The van der Waals surface area contributed by atoms with E-state index in [0.29, 0.717) is 36.7 Å². The Hall–Kier alpha value is -1.11. The second kappa shape index (κ2) is 7.42. The van der Waals surface area contributed by atoms with Gasteiger partial charge in [-0.15, -0.1) is 0 Å². The Morgan fingerprint density at radius 2 is 1.88 bits per heavy atom. The van der Waals surface area contributed by atoms with Gasteiger partial charge in [0.1, 0.15) is 0 Å². The second-order valence-electron chi connectivity index (χ2n) is 6.57. The summed E-state index contributed by atoms with van der Waals surface area (Å²) in [6, 6.07) is 7.75. The van der Waals surface area contributed by atoms with Crippen LogP contribution in [0.2, 0.25) is 5.02 Å². The third-order valence-corrected chi connectivity index (χ3v) is 7.08. The van der Waals surface area contributed by atoms with Crippen LogP contribution in [0.4, 0.5) is 0 Å². The Balaban J connectivity index is 1.46. The van der Waals surface area contributed by atoms with Crippen LogP contribution in [0.1, 0.15) is 18.4 Å². The van der Waals surface area contributed by atoms with Crippen molar-refractivity contribution in [3.8, 4) is 0 Å². The number of hydrogen-bond acceptors (Lipinski definition) is 4. The van der Waals surface area contributed by atoms with E-state index in [4.69, 9.17) is 11.6 Å². The number of halogens is 1. The zero-order chi connectivity index (χ0) is 17.2. The summed E-state index contributed by atoms with van der Waals surface area (Å²) in [5, 5.41) is 0.706. The number of carbonyl (C=O) groups excluding carboxylic acids is 1. The minimum Gasteiger partial charge on any atom is -0.340 e. The van der Waals surface area contributed by atoms with Crippen LogP contribution in [-0.4, -0.2) is 67.9 Å². The fourth-order valence-electron chi connectivity index (χ4n) is 3.50. The number of rotatable bonds is 4. The molecule has 0 aliphatic carbocycles. The highest BCUT2D eigenvalue weighted by Gasteiger charge is 2.34. The molecule has 3 rings (SSSR count). The average Bonchev–Trinajstić information content (AvgIpc) is 2.94. The maximum absolute atomic E-state index is 12.4. The summed E-state index contributed by atoms with van der Waals surface area (Å²) in [6.45, 7) is 2.88. The Bertz CT molecular complexity index is 700. The van der Waals surface area contributed by atoms with Crippen LogP contribution in [0.15, 0.2) is 24.3 Å². The van der Waals surface area contributed by atoms with Crippen molar-refractivity contribution in [3.63, 3.8) is 0 Å². The van der Waals surface area contributed by atoms with Gasteiger partial charge in [0.2, 0.25) is 5.91 Å². The highest BCUT2D eigenvalue weighted by atomic mass is 35.5. The molecule has 2 fully saturated rings. The lowest BCUT2D eigenvalue weighted by atomic mass is 10.1. The predicted octanol–water partition coefficient (Wildman–Crippen LogP) is 1.60. The summed E-state index contributed by atoms with van der Waals surface area (Å²) in [5.74, 6) is 0.718. The van der Waals surface area contributed by atoms with Gasteiger partial charge >= 0.3 is 0 Å². The highest BCUT2D eigenvalue weighted by Crippen LogP contribution is 2.20. The molecule has 1 atom stereocenters. The first kappa shape index (κ1) is 17.7. The molecule has 0 radical (unpaired) electrons. The molecule has 1 amide bonds. The first-order valence-electron chi connectivity index (χ1n) is 8.40. The second-order valence-corrected chi connectivity index (χ2v) is 9.20. The van der Waals surface area contributed by atoms with E-state index >= 15 is 0 Å². The molecule has 0 N–H and O–H groups in total. The van der Waals surface area contributed by atoms with E-state index in [9.17, 15) is 13.2 Å². The zero-order valence-corrected chi connectivity index (χ0v) is 15.2. The maximum atomic E-state index is 12.4. The van der Waals surface area contributed by atoms with Crippen molar-refractivity contribution in [3.05, 3.63) is 34.9 Å². The number of nitrogens with zero attached hydrogens (tertiary/aromatic N) is 2. The third kappa shape index (κ3) is 4.29. The molecule has 2 heterocycles. The smallest absolute Gasteiger partial charge is 0.222 e. The van der Waals surface area contributed by atoms with Crippen LogP contribution in [0.3, 0.4) is 0 Å². The monoisotopic (exact) mass is 370 g/mol. The van der Waals surface area contributed by atoms with Gasteiger partial charge in [0.05, 0.1) is 11.5 Å². The Morgan fingerprint density at radius 1 is 1.17 bits per heavy atom. The lowest BCUT2D eigenvalue weighted by molar-refractivity contribution is -0.133. The highest BCUT2D eigenvalue weighted by molar-refractivity contribution is 7.91. The summed E-state index contributed by atoms with van der Waals surface area (Å²) in [5.41, 5.74) is 1.00. The van der Waals surface area contributed by atoms with Crippen molar-refractivity contribution >= 4 is 27.3 Å². The molecule has 1 aromatic rings. The number of sulfone groups is 1. The van der Waals surface area contributed by atoms with Gasteiger partial charge in [-0.3, -0.25) is 9.69 Å². The van der Waals surface area contributed by atoms with Gasteiger partial charge in [-0.1, -0.05) is 29.8 Å². The summed E-state index contributed by atoms with van der Waals surface area (Å²) >= 11 is 6.13. The summed E-state index contributed by atoms with van der Waals surface area (Å²) in [4.78, 5) is 16.5. The molecular weight excluding hydrogens is 348 g/mol. The molecule has 0 saturated carbocycles. The van der Waals surface area contributed by atoms with E-state index in [1.54, 1.807) is 0 Å². The first-order chi connectivity index (χ1) is 11.4. The van der Waals surface area contributed by atoms with Crippen LogP contribution in [0, 0.1) is 0 Å². The molecule has 7 heteroatoms. The minimum absolute atomic E-state index is 0.135. The Morgan fingerprint density at radius 3 is 2.50 bits per heavy atom. The van der Waals surface area contributed by atoms with Crippen molar-refractivity contribution in [1.29, 1.82) is 0 Å². The van der Waals surface area contributed by atoms with Crippen molar-refractivity contribution in [2.24, 2.45) is 0 Å². The van der Waals surface area contributed by atoms with Crippen molar-refractivity contribution in [2.45, 2.75) is 25.3 Å². The maximum Gasteiger partial charge on any atom is 0.222 e. The number of hydrogen-bond donors (Lipinski definition) is 0.